The van der Waals surface area contributed by atoms with Crippen molar-refractivity contribution in [3.8, 4) is 0 Å². The van der Waals surface area contributed by atoms with Crippen LogP contribution < -0.4 is 11.5 Å². The van der Waals surface area contributed by atoms with Gasteiger partial charge in [0.1, 0.15) is 0 Å². The summed E-state index contributed by atoms with van der Waals surface area (Å²) in [6.45, 7) is 8.55. The molecule has 0 radical (unpaired) electrons. The molecule has 0 aliphatic rings. The van der Waals surface area contributed by atoms with Crippen LogP contribution in [0.4, 0.5) is 0 Å². The maximum Gasteiger partial charge on any atom is 0.0531 e. The van der Waals surface area contributed by atoms with Crippen molar-refractivity contribution in [3.63, 3.8) is 0 Å². The molecule has 0 aliphatic heterocycles. The van der Waals surface area contributed by atoms with Gasteiger partial charge in [0, 0.05) is 18.1 Å². The van der Waals surface area contributed by atoms with Gasteiger partial charge in [0.15, 0.2) is 0 Å². The number of unbranched alkanes of at least 4 members (excludes halogenated alkanes) is 1. The first-order valence-electron chi connectivity index (χ1n) is 5.04. The van der Waals surface area contributed by atoms with Crippen molar-refractivity contribution < 1.29 is 4.74 Å². The van der Waals surface area contributed by atoms with E-state index in [1.165, 1.54) is 0 Å². The summed E-state index contributed by atoms with van der Waals surface area (Å²) >= 11 is 0. The highest BCUT2D eigenvalue weighted by molar-refractivity contribution is 4.76. The summed E-state index contributed by atoms with van der Waals surface area (Å²) in [5.41, 5.74) is 11.3. The van der Waals surface area contributed by atoms with Gasteiger partial charge in [-0.3, -0.25) is 0 Å². The van der Waals surface area contributed by atoms with Gasteiger partial charge in [0.25, 0.3) is 0 Å². The van der Waals surface area contributed by atoms with E-state index in [-0.39, 0.29) is 11.5 Å². The van der Waals surface area contributed by atoms with Crippen LogP contribution in [-0.2, 0) is 4.74 Å². The Kier molecular flexibility index (Phi) is 6.29. The van der Waals surface area contributed by atoms with Gasteiger partial charge in [0.05, 0.1) is 6.61 Å². The van der Waals surface area contributed by atoms with E-state index in [0.29, 0.717) is 0 Å². The summed E-state index contributed by atoms with van der Waals surface area (Å²) in [5, 5.41) is 0. The molecule has 0 spiro atoms. The van der Waals surface area contributed by atoms with Crippen molar-refractivity contribution in [2.45, 2.75) is 39.7 Å². The minimum absolute atomic E-state index is 0.0721. The van der Waals surface area contributed by atoms with Crippen molar-refractivity contribution in [1.29, 1.82) is 0 Å². The van der Waals surface area contributed by atoms with E-state index >= 15 is 0 Å². The van der Waals surface area contributed by atoms with Gasteiger partial charge in [-0.2, -0.15) is 0 Å². The van der Waals surface area contributed by atoms with Crippen molar-refractivity contribution in [2.24, 2.45) is 16.9 Å². The normalized spacial score (nSPS) is 14.5. The van der Waals surface area contributed by atoms with Gasteiger partial charge in [-0.15, -0.1) is 0 Å². The summed E-state index contributed by atoms with van der Waals surface area (Å²) in [6, 6.07) is 0.169. The quantitative estimate of drug-likeness (QED) is 0.588. The molecule has 4 N–H and O–H groups in total. The monoisotopic (exact) mass is 188 g/mol. The molecule has 0 aliphatic carbocycles. The Bertz CT molecular complexity index is 124. The van der Waals surface area contributed by atoms with Gasteiger partial charge >= 0.3 is 0 Å². The molecular weight excluding hydrogens is 164 g/mol. The highest BCUT2D eigenvalue weighted by atomic mass is 16.5. The van der Waals surface area contributed by atoms with Gasteiger partial charge < -0.3 is 16.2 Å². The molecule has 0 fully saturated rings. The zero-order chi connectivity index (χ0) is 10.3. The Morgan fingerprint density at radius 2 is 1.92 bits per heavy atom. The third-order valence-corrected chi connectivity index (χ3v) is 2.45. The topological polar surface area (TPSA) is 61.3 Å². The molecule has 80 valence electrons. The molecule has 0 aromatic heterocycles. The van der Waals surface area contributed by atoms with Crippen molar-refractivity contribution in [2.75, 3.05) is 19.8 Å². The molecule has 0 heterocycles. The van der Waals surface area contributed by atoms with Crippen LogP contribution in [0.5, 0.6) is 0 Å². The fraction of sp³-hybridized carbons (Fsp3) is 1.00. The molecule has 0 bridgehead atoms. The second kappa shape index (κ2) is 6.35. The Morgan fingerprint density at radius 1 is 1.31 bits per heavy atom. The van der Waals surface area contributed by atoms with E-state index in [0.717, 1.165) is 32.6 Å². The zero-order valence-corrected chi connectivity index (χ0v) is 9.18. The molecule has 0 saturated carbocycles. The molecule has 0 saturated heterocycles. The van der Waals surface area contributed by atoms with Crippen LogP contribution in [-0.4, -0.2) is 25.8 Å². The Morgan fingerprint density at radius 3 is 2.38 bits per heavy atom. The standard InChI is InChI=1S/C10H24N2O/c1-9(12)10(2,3)8-13-7-5-4-6-11/h9H,4-8,11-12H2,1-3H3. The fourth-order valence-electron chi connectivity index (χ4n) is 0.815. The second-order valence-electron chi connectivity index (χ2n) is 4.33. The van der Waals surface area contributed by atoms with E-state index in [1.807, 2.05) is 6.92 Å². The summed E-state index contributed by atoms with van der Waals surface area (Å²) in [7, 11) is 0. The zero-order valence-electron chi connectivity index (χ0n) is 9.18. The van der Waals surface area contributed by atoms with E-state index in [1.54, 1.807) is 0 Å². The first kappa shape index (κ1) is 12.9. The minimum atomic E-state index is 0.0721. The molecule has 3 nitrogen and oxygen atoms in total. The molecule has 0 aromatic carbocycles. The Balaban J connectivity index is 3.41. The number of nitrogens with two attached hydrogens (primary N) is 2. The molecule has 3 heteroatoms. The summed E-state index contributed by atoms with van der Waals surface area (Å²) in [5.74, 6) is 0. The highest BCUT2D eigenvalue weighted by Crippen LogP contribution is 2.18. The molecule has 13 heavy (non-hydrogen) atoms. The Labute approximate surface area is 81.8 Å². The summed E-state index contributed by atoms with van der Waals surface area (Å²) < 4.78 is 5.53. The number of ether oxygens (including phenoxy) is 1. The van der Waals surface area contributed by atoms with Gasteiger partial charge in [0.2, 0.25) is 0 Å². The largest absolute Gasteiger partial charge is 0.381 e. The van der Waals surface area contributed by atoms with Gasteiger partial charge in [-0.25, -0.2) is 0 Å². The van der Waals surface area contributed by atoms with Crippen molar-refractivity contribution in [3.05, 3.63) is 0 Å². The lowest BCUT2D eigenvalue weighted by Crippen LogP contribution is -2.38. The predicted octanol–water partition coefficient (Wildman–Crippen LogP) is 1.12. The number of rotatable bonds is 7. The first-order valence-corrected chi connectivity index (χ1v) is 5.04. The summed E-state index contributed by atoms with van der Waals surface area (Å²) in [4.78, 5) is 0. The fourth-order valence-corrected chi connectivity index (χ4v) is 0.815. The van der Waals surface area contributed by atoms with Crippen LogP contribution in [0, 0.1) is 5.41 Å². The minimum Gasteiger partial charge on any atom is -0.381 e. The van der Waals surface area contributed by atoms with Crippen LogP contribution in [0.2, 0.25) is 0 Å². The van der Waals surface area contributed by atoms with Crippen LogP contribution in [0.25, 0.3) is 0 Å². The second-order valence-corrected chi connectivity index (χ2v) is 4.33. The van der Waals surface area contributed by atoms with Crippen molar-refractivity contribution >= 4 is 0 Å². The van der Waals surface area contributed by atoms with Crippen LogP contribution in [0.3, 0.4) is 0 Å². The number of hydrogen-bond acceptors (Lipinski definition) is 3. The van der Waals surface area contributed by atoms with E-state index in [4.69, 9.17) is 16.2 Å². The SMILES string of the molecule is CC(N)C(C)(C)COCCCCN. The molecular formula is C10H24N2O. The predicted molar refractivity (Wildman–Crippen MR) is 56.5 cm³/mol. The lowest BCUT2D eigenvalue weighted by atomic mass is 9.87. The van der Waals surface area contributed by atoms with Gasteiger partial charge in [-0.05, 0) is 26.3 Å². The van der Waals surface area contributed by atoms with Crippen LogP contribution in [0.15, 0.2) is 0 Å². The molecule has 0 rings (SSSR count). The third kappa shape index (κ3) is 6.02. The maximum absolute atomic E-state index is 5.81. The molecule has 0 aromatic rings. The molecule has 0 amide bonds. The maximum atomic E-state index is 5.81. The Hall–Kier alpha value is -0.120. The van der Waals surface area contributed by atoms with Crippen molar-refractivity contribution in [1.82, 2.24) is 0 Å². The van der Waals surface area contributed by atoms with E-state index in [9.17, 15) is 0 Å². The first-order chi connectivity index (χ1) is 6.00. The molecule has 1 atom stereocenters. The van der Waals surface area contributed by atoms with Crippen LogP contribution in [0.1, 0.15) is 33.6 Å². The summed E-state index contributed by atoms with van der Waals surface area (Å²) in [6.07, 6.45) is 2.09. The highest BCUT2D eigenvalue weighted by Gasteiger charge is 2.22. The van der Waals surface area contributed by atoms with E-state index in [2.05, 4.69) is 13.8 Å². The smallest absolute Gasteiger partial charge is 0.0531 e. The third-order valence-electron chi connectivity index (χ3n) is 2.45. The van der Waals surface area contributed by atoms with E-state index < -0.39 is 0 Å². The molecule has 1 unspecified atom stereocenters. The van der Waals surface area contributed by atoms with Crippen LogP contribution >= 0.6 is 0 Å². The number of hydrogen-bond donors (Lipinski definition) is 2. The lowest BCUT2D eigenvalue weighted by molar-refractivity contribution is 0.0498. The average Bonchev–Trinajstić information content (AvgIpc) is 2.03. The average molecular weight is 188 g/mol. The lowest BCUT2D eigenvalue weighted by Gasteiger charge is -2.28. The van der Waals surface area contributed by atoms with Gasteiger partial charge in [-0.1, -0.05) is 13.8 Å².